The Balaban J connectivity index is 1.26. The fraction of sp³-hybridized carbons (Fsp3) is 0.407. The molecule has 0 spiro atoms. The van der Waals surface area contributed by atoms with Gasteiger partial charge in [-0.25, -0.2) is 8.42 Å². The number of amides is 2. The van der Waals surface area contributed by atoms with Crippen molar-refractivity contribution < 1.29 is 18.0 Å². The van der Waals surface area contributed by atoms with Gasteiger partial charge in [0.15, 0.2) is 0 Å². The van der Waals surface area contributed by atoms with E-state index in [1.807, 2.05) is 42.5 Å². The first kappa shape index (κ1) is 23.8. The van der Waals surface area contributed by atoms with Crippen molar-refractivity contribution >= 4 is 27.9 Å². The summed E-state index contributed by atoms with van der Waals surface area (Å²) in [6, 6.07) is 12.9. The van der Waals surface area contributed by atoms with Crippen molar-refractivity contribution in [2.75, 3.05) is 26.2 Å². The summed E-state index contributed by atoms with van der Waals surface area (Å²) in [5, 5.41) is 0. The lowest BCUT2D eigenvalue weighted by molar-refractivity contribution is -0.135. The van der Waals surface area contributed by atoms with Crippen LogP contribution in [0.2, 0.25) is 0 Å². The van der Waals surface area contributed by atoms with Crippen LogP contribution in [0.4, 0.5) is 0 Å². The molecule has 5 rings (SSSR count). The van der Waals surface area contributed by atoms with Gasteiger partial charge in [-0.2, -0.15) is 4.31 Å². The highest BCUT2D eigenvalue weighted by Crippen LogP contribution is 2.33. The molecule has 1 atom stereocenters. The number of hydrogen-bond acceptors (Lipinski definition) is 4. The first-order valence-electron chi connectivity index (χ1n) is 12.3. The zero-order valence-electron chi connectivity index (χ0n) is 20.0. The molecule has 1 aliphatic carbocycles. The molecular weight excluding hydrogens is 462 g/mol. The van der Waals surface area contributed by atoms with E-state index in [1.165, 1.54) is 16.8 Å². The van der Waals surface area contributed by atoms with Crippen LogP contribution in [0.1, 0.15) is 54.5 Å². The minimum Gasteiger partial charge on any atom is -0.340 e. The first-order chi connectivity index (χ1) is 16.8. The number of aryl methyl sites for hydroxylation is 2. The number of benzene rings is 2. The Bertz CT molecular complexity index is 1280. The van der Waals surface area contributed by atoms with Crippen LogP contribution in [-0.4, -0.2) is 60.5 Å². The lowest BCUT2D eigenvalue weighted by Crippen LogP contribution is -2.51. The zero-order chi connectivity index (χ0) is 24.6. The topological polar surface area (TPSA) is 78.0 Å². The number of sulfonamides is 1. The van der Waals surface area contributed by atoms with E-state index in [1.54, 1.807) is 22.1 Å². The molecule has 1 fully saturated rings. The van der Waals surface area contributed by atoms with Gasteiger partial charge in [-0.05, 0) is 66.1 Å². The van der Waals surface area contributed by atoms with Crippen LogP contribution in [0, 0.1) is 0 Å². The van der Waals surface area contributed by atoms with Crippen molar-refractivity contribution in [3.8, 4) is 0 Å². The molecule has 2 heterocycles. The highest BCUT2D eigenvalue weighted by molar-refractivity contribution is 7.89. The summed E-state index contributed by atoms with van der Waals surface area (Å²) < 4.78 is 28.1. The van der Waals surface area contributed by atoms with Crippen LogP contribution in [0.15, 0.2) is 53.6 Å². The SMILES string of the molecule is CC(=O)N1C=Cc2ccccc2C1CC(=O)N1CCN(S(=O)(=O)c2ccc3c(c2)CCCC3)CC1. The molecule has 1 unspecified atom stereocenters. The van der Waals surface area contributed by atoms with Crippen molar-refractivity contribution in [3.05, 3.63) is 70.9 Å². The van der Waals surface area contributed by atoms with E-state index in [2.05, 4.69) is 0 Å². The van der Waals surface area contributed by atoms with Crippen LogP contribution >= 0.6 is 0 Å². The molecule has 0 saturated carbocycles. The van der Waals surface area contributed by atoms with E-state index in [9.17, 15) is 18.0 Å². The highest BCUT2D eigenvalue weighted by atomic mass is 32.2. The quantitative estimate of drug-likeness (QED) is 0.654. The summed E-state index contributed by atoms with van der Waals surface area (Å²) in [6.07, 6.45) is 7.99. The molecule has 2 aromatic carbocycles. The number of fused-ring (bicyclic) bond motifs is 2. The van der Waals surface area contributed by atoms with Gasteiger partial charge in [0.05, 0.1) is 17.4 Å². The Hall–Kier alpha value is -2.97. The van der Waals surface area contributed by atoms with Gasteiger partial charge >= 0.3 is 0 Å². The van der Waals surface area contributed by atoms with E-state index >= 15 is 0 Å². The largest absolute Gasteiger partial charge is 0.340 e. The molecule has 1 saturated heterocycles. The van der Waals surface area contributed by atoms with Gasteiger partial charge in [-0.1, -0.05) is 30.3 Å². The van der Waals surface area contributed by atoms with Crippen LogP contribution in [0.3, 0.4) is 0 Å². The molecule has 2 amide bonds. The van der Waals surface area contributed by atoms with Crippen LogP contribution in [-0.2, 0) is 32.5 Å². The minimum absolute atomic E-state index is 0.0721. The Morgan fingerprint density at radius 1 is 0.943 bits per heavy atom. The Labute approximate surface area is 207 Å². The molecular formula is C27H31N3O4S. The van der Waals surface area contributed by atoms with Gasteiger partial charge in [0, 0.05) is 39.3 Å². The van der Waals surface area contributed by atoms with Crippen molar-refractivity contribution in [2.45, 2.75) is 50.0 Å². The normalized spacial score (nSPS) is 20.3. The fourth-order valence-electron chi connectivity index (χ4n) is 5.40. The summed E-state index contributed by atoms with van der Waals surface area (Å²) in [6.45, 7) is 2.71. The number of nitrogens with zero attached hydrogens (tertiary/aromatic N) is 3. The molecule has 3 aliphatic rings. The lowest BCUT2D eigenvalue weighted by atomic mass is 9.92. The van der Waals surface area contributed by atoms with Crippen molar-refractivity contribution in [1.82, 2.24) is 14.1 Å². The van der Waals surface area contributed by atoms with E-state index in [0.29, 0.717) is 18.0 Å². The van der Waals surface area contributed by atoms with Crippen molar-refractivity contribution in [3.63, 3.8) is 0 Å². The average molecular weight is 494 g/mol. The second-order valence-corrected chi connectivity index (χ2v) is 11.5. The molecule has 8 heteroatoms. The fourth-order valence-corrected chi connectivity index (χ4v) is 6.88. The molecule has 2 aromatic rings. The summed E-state index contributed by atoms with van der Waals surface area (Å²) in [5.74, 6) is -0.188. The van der Waals surface area contributed by atoms with Gasteiger partial charge in [-0.15, -0.1) is 0 Å². The highest BCUT2D eigenvalue weighted by Gasteiger charge is 2.34. The molecule has 0 aromatic heterocycles. The van der Waals surface area contributed by atoms with E-state index < -0.39 is 10.0 Å². The van der Waals surface area contributed by atoms with Crippen LogP contribution in [0.5, 0.6) is 0 Å². The molecule has 0 radical (unpaired) electrons. The predicted molar refractivity (Wildman–Crippen MR) is 134 cm³/mol. The van der Waals surface area contributed by atoms with Gasteiger partial charge in [0.2, 0.25) is 21.8 Å². The third kappa shape index (κ3) is 4.65. The maximum absolute atomic E-state index is 13.3. The minimum atomic E-state index is -3.60. The summed E-state index contributed by atoms with van der Waals surface area (Å²) in [7, 11) is -3.60. The van der Waals surface area contributed by atoms with Gasteiger partial charge < -0.3 is 9.80 Å². The monoisotopic (exact) mass is 493 g/mol. The van der Waals surface area contributed by atoms with E-state index in [4.69, 9.17) is 0 Å². The van der Waals surface area contributed by atoms with E-state index in [-0.39, 0.29) is 37.4 Å². The zero-order valence-corrected chi connectivity index (χ0v) is 20.8. The van der Waals surface area contributed by atoms with Gasteiger partial charge in [0.1, 0.15) is 0 Å². The molecule has 2 aliphatic heterocycles. The predicted octanol–water partition coefficient (Wildman–Crippen LogP) is 3.36. The number of hydrogen-bond donors (Lipinski definition) is 0. The maximum Gasteiger partial charge on any atom is 0.243 e. The van der Waals surface area contributed by atoms with Gasteiger partial charge in [0.25, 0.3) is 0 Å². The number of rotatable bonds is 4. The smallest absolute Gasteiger partial charge is 0.243 e. The third-order valence-electron chi connectivity index (χ3n) is 7.39. The van der Waals surface area contributed by atoms with Crippen molar-refractivity contribution in [1.29, 1.82) is 0 Å². The Morgan fingerprint density at radius 3 is 2.40 bits per heavy atom. The number of carbonyl (C=O) groups is 2. The Morgan fingerprint density at radius 2 is 1.66 bits per heavy atom. The molecule has 0 N–H and O–H groups in total. The second kappa shape index (κ2) is 9.59. The summed E-state index contributed by atoms with van der Waals surface area (Å²) >= 11 is 0. The molecule has 35 heavy (non-hydrogen) atoms. The lowest BCUT2D eigenvalue weighted by Gasteiger charge is -2.37. The van der Waals surface area contributed by atoms with Crippen LogP contribution in [0.25, 0.3) is 6.08 Å². The van der Waals surface area contributed by atoms with Crippen LogP contribution < -0.4 is 0 Å². The Kier molecular flexibility index (Phi) is 6.51. The maximum atomic E-state index is 13.3. The molecule has 184 valence electrons. The first-order valence-corrected chi connectivity index (χ1v) is 13.7. The van der Waals surface area contributed by atoms with Crippen molar-refractivity contribution in [2.24, 2.45) is 0 Å². The third-order valence-corrected chi connectivity index (χ3v) is 9.28. The number of piperazine rings is 1. The standard InChI is InChI=1S/C27H31N3O4S/c1-20(31)30-13-12-22-7-4-5-9-25(22)26(30)19-27(32)28-14-16-29(17-15-28)35(33,34)24-11-10-21-6-2-3-8-23(21)18-24/h4-5,7,9-13,18,26H,2-3,6,8,14-17,19H2,1H3. The van der Waals surface area contributed by atoms with Gasteiger partial charge in [-0.3, -0.25) is 9.59 Å². The summed E-state index contributed by atoms with van der Waals surface area (Å²) in [4.78, 5) is 29.1. The summed E-state index contributed by atoms with van der Waals surface area (Å²) in [5.41, 5.74) is 4.35. The molecule has 7 nitrogen and oxygen atoms in total. The second-order valence-electron chi connectivity index (χ2n) is 9.51. The number of carbonyl (C=O) groups excluding carboxylic acids is 2. The van der Waals surface area contributed by atoms with E-state index in [0.717, 1.165) is 42.4 Å². The average Bonchev–Trinajstić information content (AvgIpc) is 2.88. The molecule has 0 bridgehead atoms.